The highest BCUT2D eigenvalue weighted by Crippen LogP contribution is 2.34. The van der Waals surface area contributed by atoms with Crippen LogP contribution >= 0.6 is 0 Å². The normalized spacial score (nSPS) is 11.5. The van der Waals surface area contributed by atoms with Crippen molar-refractivity contribution < 1.29 is 14.1 Å². The maximum Gasteiger partial charge on any atom is 0.262 e. The second-order valence-electron chi connectivity index (χ2n) is 6.90. The number of fused-ring (bicyclic) bond motifs is 3. The van der Waals surface area contributed by atoms with E-state index < -0.39 is 0 Å². The zero-order valence-electron chi connectivity index (χ0n) is 16.4. The van der Waals surface area contributed by atoms with Crippen LogP contribution in [0.5, 0.6) is 5.88 Å². The minimum atomic E-state index is 0.523. The lowest BCUT2D eigenvalue weighted by molar-refractivity contribution is -0.896. The number of rotatable bonds is 8. The van der Waals surface area contributed by atoms with Gasteiger partial charge in [-0.3, -0.25) is 0 Å². The molecule has 5 nitrogen and oxygen atoms in total. The summed E-state index contributed by atoms with van der Waals surface area (Å²) in [6.45, 7) is 8.40. The molecule has 4 aromatic rings. The number of hydrogen-bond donors (Lipinski definition) is 1. The van der Waals surface area contributed by atoms with Gasteiger partial charge < -0.3 is 14.1 Å². The SMILES string of the molecule is CC[NH+](CC)CCCOc1nc(-c2ccccc2)nc2c1oc1ccccc12. The van der Waals surface area contributed by atoms with Gasteiger partial charge >= 0.3 is 0 Å². The molecule has 28 heavy (non-hydrogen) atoms. The summed E-state index contributed by atoms with van der Waals surface area (Å²) in [5, 5.41) is 0.981. The van der Waals surface area contributed by atoms with Gasteiger partial charge in [-0.2, -0.15) is 4.98 Å². The van der Waals surface area contributed by atoms with E-state index in [1.807, 2.05) is 54.6 Å². The molecule has 0 saturated carbocycles. The van der Waals surface area contributed by atoms with E-state index in [-0.39, 0.29) is 0 Å². The third-order valence-electron chi connectivity index (χ3n) is 5.13. The zero-order chi connectivity index (χ0) is 19.3. The standard InChI is InChI=1S/C23H25N3O2/c1-3-26(4-2)15-10-16-27-23-21-20(18-13-8-9-14-19(18)28-21)24-22(25-23)17-11-6-5-7-12-17/h5-9,11-14H,3-4,10,15-16H2,1-2H3/p+1. The van der Waals surface area contributed by atoms with Gasteiger partial charge in [0, 0.05) is 17.4 Å². The maximum absolute atomic E-state index is 6.09. The first-order valence-corrected chi connectivity index (χ1v) is 10.0. The van der Waals surface area contributed by atoms with Crippen LogP contribution in [-0.2, 0) is 0 Å². The van der Waals surface area contributed by atoms with E-state index in [0.717, 1.165) is 48.1 Å². The van der Waals surface area contributed by atoms with Crippen LogP contribution in [0, 0.1) is 0 Å². The van der Waals surface area contributed by atoms with E-state index in [1.165, 1.54) is 0 Å². The Labute approximate surface area is 165 Å². The van der Waals surface area contributed by atoms with Crippen LogP contribution in [0.2, 0.25) is 0 Å². The van der Waals surface area contributed by atoms with Crippen LogP contribution in [0.25, 0.3) is 33.5 Å². The summed E-state index contributed by atoms with van der Waals surface area (Å²) in [6, 6.07) is 17.9. The van der Waals surface area contributed by atoms with Crippen LogP contribution in [-0.4, -0.2) is 36.2 Å². The van der Waals surface area contributed by atoms with Gasteiger partial charge in [0.1, 0.15) is 11.1 Å². The van der Waals surface area contributed by atoms with E-state index in [9.17, 15) is 0 Å². The van der Waals surface area contributed by atoms with E-state index in [0.29, 0.717) is 23.9 Å². The minimum absolute atomic E-state index is 0.523. The molecule has 2 heterocycles. The Morgan fingerprint density at radius 2 is 1.68 bits per heavy atom. The summed E-state index contributed by atoms with van der Waals surface area (Å²) in [7, 11) is 0. The van der Waals surface area contributed by atoms with Crippen molar-refractivity contribution in [3.05, 3.63) is 54.6 Å². The fourth-order valence-corrected chi connectivity index (χ4v) is 3.47. The van der Waals surface area contributed by atoms with Gasteiger partial charge in [-0.05, 0) is 26.0 Å². The van der Waals surface area contributed by atoms with Crippen LogP contribution in [0.4, 0.5) is 0 Å². The van der Waals surface area contributed by atoms with Crippen LogP contribution in [0.1, 0.15) is 20.3 Å². The molecule has 0 aliphatic rings. The Kier molecular flexibility index (Phi) is 5.53. The third-order valence-corrected chi connectivity index (χ3v) is 5.13. The molecule has 2 aromatic heterocycles. The highest BCUT2D eigenvalue weighted by Gasteiger charge is 2.17. The minimum Gasteiger partial charge on any atom is -0.475 e. The smallest absolute Gasteiger partial charge is 0.262 e. The first kappa shape index (κ1) is 18.4. The fraction of sp³-hybridized carbons (Fsp3) is 0.304. The van der Waals surface area contributed by atoms with Crippen molar-refractivity contribution in [2.24, 2.45) is 0 Å². The van der Waals surface area contributed by atoms with Crippen LogP contribution < -0.4 is 9.64 Å². The Morgan fingerprint density at radius 1 is 0.929 bits per heavy atom. The van der Waals surface area contributed by atoms with E-state index in [4.69, 9.17) is 14.1 Å². The van der Waals surface area contributed by atoms with E-state index in [1.54, 1.807) is 4.90 Å². The molecule has 0 aliphatic carbocycles. The molecule has 0 atom stereocenters. The summed E-state index contributed by atoms with van der Waals surface area (Å²) in [6.07, 6.45) is 0.976. The lowest BCUT2D eigenvalue weighted by atomic mass is 10.2. The molecule has 2 aromatic carbocycles. The van der Waals surface area contributed by atoms with Gasteiger partial charge in [0.05, 0.1) is 26.2 Å². The van der Waals surface area contributed by atoms with Crippen molar-refractivity contribution in [3.63, 3.8) is 0 Å². The highest BCUT2D eigenvalue weighted by molar-refractivity contribution is 6.04. The lowest BCUT2D eigenvalue weighted by Gasteiger charge is -2.15. The van der Waals surface area contributed by atoms with Gasteiger partial charge in [0.2, 0.25) is 5.58 Å². The Morgan fingerprint density at radius 3 is 2.46 bits per heavy atom. The topological polar surface area (TPSA) is 52.6 Å². The number of hydrogen-bond acceptors (Lipinski definition) is 4. The van der Waals surface area contributed by atoms with Gasteiger partial charge in [-0.25, -0.2) is 4.98 Å². The quantitative estimate of drug-likeness (QED) is 0.476. The molecule has 4 rings (SSSR count). The van der Waals surface area contributed by atoms with Crippen LogP contribution in [0.15, 0.2) is 59.0 Å². The van der Waals surface area contributed by atoms with Gasteiger partial charge in [-0.1, -0.05) is 42.5 Å². The average Bonchev–Trinajstić information content (AvgIpc) is 3.13. The molecule has 1 N–H and O–H groups in total. The lowest BCUT2D eigenvalue weighted by Crippen LogP contribution is -3.11. The van der Waals surface area contributed by atoms with Crippen molar-refractivity contribution in [1.82, 2.24) is 9.97 Å². The van der Waals surface area contributed by atoms with E-state index in [2.05, 4.69) is 18.8 Å². The van der Waals surface area contributed by atoms with Gasteiger partial charge in [0.25, 0.3) is 5.88 Å². The summed E-state index contributed by atoms with van der Waals surface area (Å²) < 4.78 is 12.1. The van der Waals surface area contributed by atoms with Crippen molar-refractivity contribution >= 4 is 22.1 Å². The number of nitrogens with one attached hydrogen (secondary N) is 1. The second kappa shape index (κ2) is 8.40. The summed E-state index contributed by atoms with van der Waals surface area (Å²) in [5.74, 6) is 1.18. The highest BCUT2D eigenvalue weighted by atomic mass is 16.5. The maximum atomic E-state index is 6.09. The number of para-hydroxylation sites is 1. The van der Waals surface area contributed by atoms with Crippen molar-refractivity contribution in [3.8, 4) is 17.3 Å². The third kappa shape index (κ3) is 3.71. The van der Waals surface area contributed by atoms with Crippen molar-refractivity contribution in [2.45, 2.75) is 20.3 Å². The van der Waals surface area contributed by atoms with E-state index >= 15 is 0 Å². The van der Waals surface area contributed by atoms with Gasteiger partial charge in [0.15, 0.2) is 5.82 Å². The number of benzene rings is 2. The summed E-state index contributed by atoms with van der Waals surface area (Å²) >= 11 is 0. The number of quaternary nitrogens is 1. The zero-order valence-corrected chi connectivity index (χ0v) is 16.4. The predicted octanol–water partition coefficient (Wildman–Crippen LogP) is 3.74. The van der Waals surface area contributed by atoms with Crippen molar-refractivity contribution in [2.75, 3.05) is 26.2 Å². The average molecular weight is 376 g/mol. The molecule has 0 saturated heterocycles. The van der Waals surface area contributed by atoms with Crippen molar-refractivity contribution in [1.29, 1.82) is 0 Å². The molecule has 0 radical (unpaired) electrons. The number of ether oxygens (including phenoxy) is 1. The predicted molar refractivity (Wildman–Crippen MR) is 112 cm³/mol. The summed E-state index contributed by atoms with van der Waals surface area (Å²) in [4.78, 5) is 11.1. The fourth-order valence-electron chi connectivity index (χ4n) is 3.47. The molecule has 0 spiro atoms. The molecule has 0 unspecified atom stereocenters. The molecular weight excluding hydrogens is 350 g/mol. The van der Waals surface area contributed by atoms with Gasteiger partial charge in [-0.15, -0.1) is 0 Å². The molecule has 144 valence electrons. The number of furan rings is 1. The first-order valence-electron chi connectivity index (χ1n) is 10.0. The summed E-state index contributed by atoms with van der Waals surface area (Å²) in [5.41, 5.74) is 3.19. The molecular formula is C23H26N3O2+. The Hall–Kier alpha value is -2.92. The number of nitrogens with zero attached hydrogens (tertiary/aromatic N) is 2. The molecule has 5 heteroatoms. The molecule has 0 bridgehead atoms. The molecule has 0 fully saturated rings. The first-order chi connectivity index (χ1) is 13.8. The number of aromatic nitrogens is 2. The largest absolute Gasteiger partial charge is 0.475 e. The molecule has 0 amide bonds. The monoisotopic (exact) mass is 376 g/mol. The molecule has 0 aliphatic heterocycles. The Bertz CT molecular complexity index is 1060. The Balaban J connectivity index is 1.69. The second-order valence-corrected chi connectivity index (χ2v) is 6.90. The van der Waals surface area contributed by atoms with Crippen LogP contribution in [0.3, 0.4) is 0 Å².